The van der Waals surface area contributed by atoms with Crippen LogP contribution in [0, 0.1) is 0 Å². The number of nitrogens with one attached hydrogen (secondary N) is 2. The summed E-state index contributed by atoms with van der Waals surface area (Å²) in [6, 6.07) is 9.71. The second kappa shape index (κ2) is 12.4. The Bertz CT molecular complexity index is 948. The number of halogens is 2. The maximum atomic E-state index is 6.32. The van der Waals surface area contributed by atoms with Gasteiger partial charge in [0, 0.05) is 36.7 Å². The smallest absolute Gasteiger partial charge is 0.191 e. The Labute approximate surface area is 199 Å². The van der Waals surface area contributed by atoms with Crippen molar-refractivity contribution in [3.63, 3.8) is 0 Å². The molecule has 0 aliphatic carbocycles. The molecule has 30 heavy (non-hydrogen) atoms. The largest absolute Gasteiger partial charge is 0.497 e. The molecule has 2 aromatic heterocycles. The van der Waals surface area contributed by atoms with Gasteiger partial charge in [-0.05, 0) is 48.7 Å². The van der Waals surface area contributed by atoms with Crippen LogP contribution in [0.25, 0.3) is 5.82 Å². The lowest BCUT2D eigenvalue weighted by molar-refractivity contribution is 0.414. The minimum absolute atomic E-state index is 0. The van der Waals surface area contributed by atoms with Crippen LogP contribution in [0.2, 0.25) is 5.02 Å². The number of benzene rings is 1. The highest BCUT2D eigenvalue weighted by atomic mass is 127. The molecule has 0 saturated heterocycles. The van der Waals surface area contributed by atoms with Crippen LogP contribution in [0.5, 0.6) is 5.75 Å². The summed E-state index contributed by atoms with van der Waals surface area (Å²) in [6.07, 6.45) is 7.89. The van der Waals surface area contributed by atoms with Crippen LogP contribution in [0.3, 0.4) is 0 Å². The van der Waals surface area contributed by atoms with E-state index in [9.17, 15) is 0 Å². The number of ether oxygens (including phenoxy) is 1. The van der Waals surface area contributed by atoms with Gasteiger partial charge in [0.2, 0.25) is 0 Å². The van der Waals surface area contributed by atoms with Gasteiger partial charge in [-0.1, -0.05) is 17.7 Å². The maximum Gasteiger partial charge on any atom is 0.191 e. The van der Waals surface area contributed by atoms with Gasteiger partial charge in [-0.15, -0.1) is 24.0 Å². The average Bonchev–Trinajstić information content (AvgIpc) is 3.28. The van der Waals surface area contributed by atoms with Gasteiger partial charge in [-0.3, -0.25) is 4.57 Å². The molecular formula is C21H26ClIN6O. The molecule has 0 atom stereocenters. The quantitative estimate of drug-likeness (QED) is 0.258. The lowest BCUT2D eigenvalue weighted by atomic mass is 10.1. The van der Waals surface area contributed by atoms with E-state index in [2.05, 4.69) is 25.6 Å². The van der Waals surface area contributed by atoms with Gasteiger partial charge >= 0.3 is 0 Å². The highest BCUT2D eigenvalue weighted by Gasteiger charge is 2.04. The van der Waals surface area contributed by atoms with Crippen molar-refractivity contribution >= 4 is 41.5 Å². The molecule has 0 aliphatic heterocycles. The minimum Gasteiger partial charge on any atom is -0.497 e. The lowest BCUT2D eigenvalue weighted by Crippen LogP contribution is -2.38. The molecule has 2 heterocycles. The van der Waals surface area contributed by atoms with Crippen molar-refractivity contribution in [3.05, 3.63) is 71.4 Å². The van der Waals surface area contributed by atoms with Gasteiger partial charge in [0.15, 0.2) is 5.96 Å². The number of rotatable bonds is 8. The van der Waals surface area contributed by atoms with E-state index in [4.69, 9.17) is 16.3 Å². The minimum atomic E-state index is 0. The fraction of sp³-hybridized carbons (Fsp3) is 0.286. The first-order valence-electron chi connectivity index (χ1n) is 9.47. The second-order valence-electron chi connectivity index (χ2n) is 6.32. The number of hydrogen-bond donors (Lipinski definition) is 2. The number of aliphatic imine (C=N–C) groups is 1. The first-order valence-corrected chi connectivity index (χ1v) is 9.85. The third kappa shape index (κ3) is 6.88. The molecule has 160 valence electrons. The number of imidazole rings is 1. The van der Waals surface area contributed by atoms with Crippen molar-refractivity contribution in [1.29, 1.82) is 0 Å². The zero-order valence-corrected chi connectivity index (χ0v) is 20.1. The van der Waals surface area contributed by atoms with Crippen LogP contribution in [-0.2, 0) is 13.0 Å². The summed E-state index contributed by atoms with van der Waals surface area (Å²) in [6.45, 7) is 4.09. The highest BCUT2D eigenvalue weighted by molar-refractivity contribution is 14.0. The molecule has 0 bridgehead atoms. The summed E-state index contributed by atoms with van der Waals surface area (Å²) in [5.74, 6) is 2.34. The Kier molecular flexibility index (Phi) is 9.88. The zero-order valence-electron chi connectivity index (χ0n) is 17.0. The van der Waals surface area contributed by atoms with Gasteiger partial charge in [0.25, 0.3) is 0 Å². The van der Waals surface area contributed by atoms with Gasteiger partial charge in [-0.2, -0.15) is 0 Å². The van der Waals surface area contributed by atoms with E-state index in [1.54, 1.807) is 25.8 Å². The molecule has 0 aliphatic rings. The third-order valence-corrected chi connectivity index (χ3v) is 4.64. The monoisotopic (exact) mass is 540 g/mol. The zero-order chi connectivity index (χ0) is 20.5. The number of nitrogens with zero attached hydrogens (tertiary/aromatic N) is 4. The van der Waals surface area contributed by atoms with Gasteiger partial charge in [0.1, 0.15) is 17.9 Å². The van der Waals surface area contributed by atoms with E-state index in [0.29, 0.717) is 18.1 Å². The normalized spacial score (nSPS) is 11.0. The molecule has 3 rings (SSSR count). The van der Waals surface area contributed by atoms with E-state index in [0.717, 1.165) is 41.6 Å². The molecular weight excluding hydrogens is 515 g/mol. The van der Waals surface area contributed by atoms with Gasteiger partial charge in [0.05, 0.1) is 13.7 Å². The van der Waals surface area contributed by atoms with E-state index in [1.807, 2.05) is 48.0 Å². The average molecular weight is 541 g/mol. The molecule has 3 aromatic rings. The Hall–Kier alpha value is -2.33. The number of guanidine groups is 1. The van der Waals surface area contributed by atoms with Crippen molar-refractivity contribution in [2.75, 3.05) is 20.2 Å². The van der Waals surface area contributed by atoms with E-state index in [-0.39, 0.29) is 24.0 Å². The Morgan fingerprint density at radius 2 is 2.07 bits per heavy atom. The summed E-state index contributed by atoms with van der Waals surface area (Å²) >= 11 is 6.32. The van der Waals surface area contributed by atoms with Crippen LogP contribution >= 0.6 is 35.6 Å². The second-order valence-corrected chi connectivity index (χ2v) is 6.73. The predicted octanol–water partition coefficient (Wildman–Crippen LogP) is 3.85. The lowest BCUT2D eigenvalue weighted by Gasteiger charge is -2.12. The number of pyridine rings is 1. The first-order chi connectivity index (χ1) is 14.2. The molecule has 7 nitrogen and oxygen atoms in total. The molecule has 0 unspecified atom stereocenters. The summed E-state index contributed by atoms with van der Waals surface area (Å²) < 4.78 is 7.06. The summed E-state index contributed by atoms with van der Waals surface area (Å²) in [5.41, 5.74) is 2.13. The van der Waals surface area contributed by atoms with E-state index >= 15 is 0 Å². The molecule has 0 saturated carbocycles. The van der Waals surface area contributed by atoms with Crippen LogP contribution in [-0.4, -0.2) is 40.7 Å². The van der Waals surface area contributed by atoms with Crippen molar-refractivity contribution in [2.45, 2.75) is 19.9 Å². The standard InChI is InChI=1S/C21H25ClN6O.HI/c1-3-24-21(26-9-7-17-4-5-18(29-2)13-19(17)22)27-14-16-6-8-25-20(12-16)28-11-10-23-15-28;/h4-6,8,10-13,15H,3,7,9,14H2,1-2H3,(H2,24,26,27);1H. The van der Waals surface area contributed by atoms with Crippen LogP contribution in [0.1, 0.15) is 18.1 Å². The number of aromatic nitrogens is 3. The van der Waals surface area contributed by atoms with E-state index < -0.39 is 0 Å². The first kappa shape index (κ1) is 23.9. The van der Waals surface area contributed by atoms with Crippen molar-refractivity contribution in [1.82, 2.24) is 25.2 Å². The molecule has 0 spiro atoms. The number of methoxy groups -OCH3 is 1. The van der Waals surface area contributed by atoms with Crippen LogP contribution in [0.4, 0.5) is 0 Å². The van der Waals surface area contributed by atoms with Crippen LogP contribution < -0.4 is 15.4 Å². The Balaban J connectivity index is 0.00000320. The molecule has 0 radical (unpaired) electrons. The summed E-state index contributed by atoms with van der Waals surface area (Å²) in [7, 11) is 1.63. The SMILES string of the molecule is CCNC(=NCc1ccnc(-n2ccnc2)c1)NCCc1ccc(OC)cc1Cl.I. The van der Waals surface area contributed by atoms with Crippen molar-refractivity contribution < 1.29 is 4.74 Å². The fourth-order valence-corrected chi connectivity index (χ4v) is 3.05. The van der Waals surface area contributed by atoms with Crippen LogP contribution in [0.15, 0.2) is 60.2 Å². The van der Waals surface area contributed by atoms with Gasteiger partial charge in [-0.25, -0.2) is 15.0 Å². The van der Waals surface area contributed by atoms with E-state index in [1.165, 1.54) is 0 Å². The molecule has 0 amide bonds. The van der Waals surface area contributed by atoms with Gasteiger partial charge < -0.3 is 15.4 Å². The Morgan fingerprint density at radius 1 is 1.20 bits per heavy atom. The molecule has 0 fully saturated rings. The third-order valence-electron chi connectivity index (χ3n) is 4.29. The highest BCUT2D eigenvalue weighted by Crippen LogP contribution is 2.22. The molecule has 2 N–H and O–H groups in total. The predicted molar refractivity (Wildman–Crippen MR) is 131 cm³/mol. The maximum absolute atomic E-state index is 6.32. The van der Waals surface area contributed by atoms with Crippen molar-refractivity contribution in [3.8, 4) is 11.6 Å². The van der Waals surface area contributed by atoms with Crippen molar-refractivity contribution in [2.24, 2.45) is 4.99 Å². The fourth-order valence-electron chi connectivity index (χ4n) is 2.78. The summed E-state index contributed by atoms with van der Waals surface area (Å²) in [4.78, 5) is 13.1. The molecule has 9 heteroatoms. The topological polar surface area (TPSA) is 76.4 Å². The summed E-state index contributed by atoms with van der Waals surface area (Å²) in [5, 5.41) is 7.33. The molecule has 1 aromatic carbocycles. The number of hydrogen-bond acceptors (Lipinski definition) is 4. The Morgan fingerprint density at radius 3 is 2.77 bits per heavy atom.